The molecule has 6 rings (SSSR count). The van der Waals surface area contributed by atoms with Crippen molar-refractivity contribution in [3.63, 3.8) is 0 Å². The molecule has 9 heteroatoms. The van der Waals surface area contributed by atoms with Crippen LogP contribution in [0.15, 0.2) is 79.6 Å². The number of nitrogens with zero attached hydrogens (tertiary/aromatic N) is 5. The molecule has 4 heterocycles. The molecule has 2 bridgehead atoms. The first kappa shape index (κ1) is 24.8. The Hall–Kier alpha value is -4.50. The van der Waals surface area contributed by atoms with Crippen molar-refractivity contribution < 1.29 is 14.7 Å². The molecule has 9 nitrogen and oxygen atoms in total. The van der Waals surface area contributed by atoms with Crippen LogP contribution in [-0.4, -0.2) is 59.7 Å². The molecule has 2 aromatic heterocycles. The van der Waals surface area contributed by atoms with E-state index in [-0.39, 0.29) is 23.9 Å². The highest BCUT2D eigenvalue weighted by Crippen LogP contribution is 2.46. The highest BCUT2D eigenvalue weighted by Gasteiger charge is 2.54. The average molecular weight is 523 g/mol. The largest absolute Gasteiger partial charge is 0.382 e. The molecule has 2 saturated heterocycles. The number of aromatic nitrogens is 3. The second-order valence-electron chi connectivity index (χ2n) is 10.4. The normalized spacial score (nSPS) is 21.8. The van der Waals surface area contributed by atoms with Crippen LogP contribution in [0.2, 0.25) is 0 Å². The van der Waals surface area contributed by atoms with Gasteiger partial charge in [-0.1, -0.05) is 61.2 Å². The minimum atomic E-state index is -1.17. The maximum atomic E-state index is 13.0. The van der Waals surface area contributed by atoms with E-state index in [0.717, 1.165) is 16.7 Å². The SMILES string of the molecule is C=CC(=O)N1C(c2nc(-c3ccc(C(C)(O)c4ccccc4)cc3)c3c(N)nccn23)[C@@H]2C[C@H]1CN2C(C)=O. The molecule has 2 aromatic carbocycles. The molecule has 2 unspecified atom stereocenters. The average Bonchev–Trinajstić information content (AvgIpc) is 3.65. The number of hydrogen-bond acceptors (Lipinski definition) is 6. The first-order valence-corrected chi connectivity index (χ1v) is 13.0. The minimum absolute atomic E-state index is 0.0264. The molecular weight excluding hydrogens is 492 g/mol. The fourth-order valence-corrected chi connectivity index (χ4v) is 6.22. The molecule has 198 valence electrons. The van der Waals surface area contributed by atoms with E-state index in [1.165, 1.54) is 6.08 Å². The Labute approximate surface area is 226 Å². The number of carbonyl (C=O) groups is 2. The van der Waals surface area contributed by atoms with Gasteiger partial charge in [-0.3, -0.25) is 14.0 Å². The van der Waals surface area contributed by atoms with Crippen LogP contribution in [0.3, 0.4) is 0 Å². The molecule has 4 aromatic rings. The molecule has 0 saturated carbocycles. The number of likely N-dealkylation sites (tertiary alicyclic amines) is 2. The zero-order chi connectivity index (χ0) is 27.5. The molecule has 39 heavy (non-hydrogen) atoms. The monoisotopic (exact) mass is 522 g/mol. The number of hydrogen-bond donors (Lipinski definition) is 2. The minimum Gasteiger partial charge on any atom is -0.382 e. The number of nitrogen functional groups attached to an aromatic ring is 1. The summed E-state index contributed by atoms with van der Waals surface area (Å²) in [7, 11) is 0. The summed E-state index contributed by atoms with van der Waals surface area (Å²) in [5.74, 6) is 0.702. The van der Waals surface area contributed by atoms with Crippen molar-refractivity contribution in [2.24, 2.45) is 0 Å². The number of carbonyl (C=O) groups excluding carboxylic acids is 2. The zero-order valence-electron chi connectivity index (χ0n) is 21.9. The zero-order valence-corrected chi connectivity index (χ0v) is 21.9. The van der Waals surface area contributed by atoms with E-state index in [1.807, 2.05) is 63.9 Å². The van der Waals surface area contributed by atoms with Gasteiger partial charge in [0.25, 0.3) is 0 Å². The van der Waals surface area contributed by atoms with Crippen LogP contribution in [-0.2, 0) is 15.2 Å². The van der Waals surface area contributed by atoms with E-state index in [4.69, 9.17) is 10.7 Å². The van der Waals surface area contributed by atoms with Gasteiger partial charge < -0.3 is 20.6 Å². The van der Waals surface area contributed by atoms with Crippen LogP contribution in [0.25, 0.3) is 16.8 Å². The number of rotatable bonds is 5. The molecule has 0 spiro atoms. The lowest BCUT2D eigenvalue weighted by Gasteiger charge is -2.39. The molecule has 2 aliphatic heterocycles. The predicted molar refractivity (Wildman–Crippen MR) is 147 cm³/mol. The number of piperazine rings is 1. The number of benzene rings is 2. The van der Waals surface area contributed by atoms with Gasteiger partial charge in [0.1, 0.15) is 34.5 Å². The van der Waals surface area contributed by atoms with Gasteiger partial charge in [-0.25, -0.2) is 9.97 Å². The van der Waals surface area contributed by atoms with E-state index in [0.29, 0.717) is 35.8 Å². The lowest BCUT2D eigenvalue weighted by Crippen LogP contribution is -2.52. The van der Waals surface area contributed by atoms with E-state index in [1.54, 1.807) is 31.1 Å². The summed E-state index contributed by atoms with van der Waals surface area (Å²) in [6, 6.07) is 16.3. The topological polar surface area (TPSA) is 117 Å². The Morgan fingerprint density at radius 1 is 1.13 bits per heavy atom. The quantitative estimate of drug-likeness (QED) is 0.389. The Morgan fingerprint density at radius 2 is 1.82 bits per heavy atom. The van der Waals surface area contributed by atoms with Gasteiger partial charge in [0.15, 0.2) is 0 Å². The van der Waals surface area contributed by atoms with Crippen LogP contribution < -0.4 is 5.73 Å². The molecule has 3 N–H and O–H groups in total. The maximum absolute atomic E-state index is 13.0. The lowest BCUT2D eigenvalue weighted by atomic mass is 9.87. The van der Waals surface area contributed by atoms with E-state index < -0.39 is 11.6 Å². The second-order valence-corrected chi connectivity index (χ2v) is 10.4. The van der Waals surface area contributed by atoms with Crippen LogP contribution >= 0.6 is 0 Å². The highest BCUT2D eigenvalue weighted by atomic mass is 16.3. The summed E-state index contributed by atoms with van der Waals surface area (Å²) in [6.07, 6.45) is 5.38. The first-order chi connectivity index (χ1) is 18.7. The summed E-state index contributed by atoms with van der Waals surface area (Å²) in [6.45, 7) is 7.52. The molecule has 0 aliphatic carbocycles. The van der Waals surface area contributed by atoms with Crippen molar-refractivity contribution in [1.82, 2.24) is 24.2 Å². The Morgan fingerprint density at radius 3 is 2.49 bits per heavy atom. The number of fused-ring (bicyclic) bond motifs is 3. The summed E-state index contributed by atoms with van der Waals surface area (Å²) in [5, 5.41) is 11.3. The van der Waals surface area contributed by atoms with Gasteiger partial charge in [-0.2, -0.15) is 0 Å². The standard InChI is InChI=1S/C30H30N6O3/c1-4-24(38)36-22-16-23(35(17-22)18(2)37)26(36)29-33-25(27-28(31)32-14-15-34(27)29)19-10-12-21(13-11-19)30(3,39)20-8-6-5-7-9-20/h4-15,22-23,26,39H,1,16-17H2,2-3H3,(H2,31,32)/t22-,23-,26?,30?/m0/s1. The van der Waals surface area contributed by atoms with Crippen molar-refractivity contribution in [2.75, 3.05) is 12.3 Å². The van der Waals surface area contributed by atoms with Gasteiger partial charge >= 0.3 is 0 Å². The molecule has 2 aliphatic rings. The van der Waals surface area contributed by atoms with Crippen LogP contribution in [0, 0.1) is 0 Å². The van der Waals surface area contributed by atoms with E-state index in [9.17, 15) is 14.7 Å². The number of nitrogens with two attached hydrogens (primary N) is 1. The number of imidazole rings is 1. The molecule has 2 amide bonds. The number of aliphatic hydroxyl groups is 1. The van der Waals surface area contributed by atoms with Crippen LogP contribution in [0.5, 0.6) is 0 Å². The second kappa shape index (κ2) is 9.06. The van der Waals surface area contributed by atoms with Gasteiger partial charge in [0.05, 0.1) is 12.1 Å². The molecule has 2 fully saturated rings. The smallest absolute Gasteiger partial charge is 0.246 e. The Bertz CT molecular complexity index is 1590. The van der Waals surface area contributed by atoms with Gasteiger partial charge in [0, 0.05) is 31.4 Å². The van der Waals surface area contributed by atoms with Crippen molar-refractivity contribution in [3.05, 3.63) is 96.6 Å². The predicted octanol–water partition coefficient (Wildman–Crippen LogP) is 3.29. The fourth-order valence-electron chi connectivity index (χ4n) is 6.22. The van der Waals surface area contributed by atoms with Crippen molar-refractivity contribution in [1.29, 1.82) is 0 Å². The van der Waals surface area contributed by atoms with Crippen LogP contribution in [0.1, 0.15) is 43.3 Å². The van der Waals surface area contributed by atoms with E-state index in [2.05, 4.69) is 11.6 Å². The Balaban J connectivity index is 1.46. The third kappa shape index (κ3) is 3.80. The number of anilines is 1. The molecular formula is C30H30N6O3. The Kier molecular flexibility index (Phi) is 5.76. The maximum Gasteiger partial charge on any atom is 0.246 e. The van der Waals surface area contributed by atoms with Crippen molar-refractivity contribution in [2.45, 2.75) is 44.0 Å². The molecule has 4 atom stereocenters. The summed E-state index contributed by atoms with van der Waals surface area (Å²) in [4.78, 5) is 38.4. The molecule has 0 radical (unpaired) electrons. The van der Waals surface area contributed by atoms with Gasteiger partial charge in [-0.05, 0) is 30.5 Å². The summed E-state index contributed by atoms with van der Waals surface area (Å²) in [5.41, 5.74) is 8.76. The van der Waals surface area contributed by atoms with Crippen LogP contribution in [0.4, 0.5) is 5.82 Å². The van der Waals surface area contributed by atoms with Crippen molar-refractivity contribution >= 4 is 23.1 Å². The summed E-state index contributed by atoms with van der Waals surface area (Å²) >= 11 is 0. The van der Waals surface area contributed by atoms with Gasteiger partial charge in [0.2, 0.25) is 11.8 Å². The van der Waals surface area contributed by atoms with Gasteiger partial charge in [-0.15, -0.1) is 0 Å². The highest BCUT2D eigenvalue weighted by molar-refractivity contribution is 5.89. The fraction of sp³-hybridized carbons (Fsp3) is 0.267. The van der Waals surface area contributed by atoms with E-state index >= 15 is 0 Å². The third-order valence-corrected chi connectivity index (χ3v) is 8.14. The lowest BCUT2D eigenvalue weighted by molar-refractivity contribution is -0.139. The van der Waals surface area contributed by atoms with Crippen molar-refractivity contribution in [3.8, 4) is 11.3 Å². The number of amides is 2. The first-order valence-electron chi connectivity index (χ1n) is 13.0. The third-order valence-electron chi connectivity index (χ3n) is 8.14. The summed E-state index contributed by atoms with van der Waals surface area (Å²) < 4.78 is 1.87.